The van der Waals surface area contributed by atoms with Gasteiger partial charge in [-0.1, -0.05) is 24.3 Å². The Balaban J connectivity index is 1.85. The molecule has 0 saturated heterocycles. The summed E-state index contributed by atoms with van der Waals surface area (Å²) in [4.78, 5) is 34.8. The van der Waals surface area contributed by atoms with E-state index in [0.29, 0.717) is 17.5 Å². The lowest BCUT2D eigenvalue weighted by Crippen LogP contribution is -2.31. The summed E-state index contributed by atoms with van der Waals surface area (Å²) in [6.45, 7) is 2.99. The van der Waals surface area contributed by atoms with Gasteiger partial charge in [0.15, 0.2) is 19.0 Å². The molecule has 0 heterocycles. The first-order valence-electron chi connectivity index (χ1n) is 7.73. The number of rotatable bonds is 7. The van der Waals surface area contributed by atoms with Crippen molar-refractivity contribution in [3.05, 3.63) is 59.7 Å². The van der Waals surface area contributed by atoms with Gasteiger partial charge >= 0.3 is 5.97 Å². The molecular formula is C19H19NO5. The highest BCUT2D eigenvalue weighted by Crippen LogP contribution is 2.15. The van der Waals surface area contributed by atoms with Gasteiger partial charge in [0.25, 0.3) is 5.91 Å². The number of para-hydroxylation sites is 1. The van der Waals surface area contributed by atoms with Crippen LogP contribution in [0.3, 0.4) is 0 Å². The number of aryl methyl sites for hydroxylation is 1. The molecule has 0 spiro atoms. The topological polar surface area (TPSA) is 81.7 Å². The van der Waals surface area contributed by atoms with Gasteiger partial charge in [-0.05, 0) is 43.7 Å². The molecule has 0 aliphatic carbocycles. The summed E-state index contributed by atoms with van der Waals surface area (Å²) in [5.41, 5.74) is 1.97. The SMILES string of the molecule is Cc1cccc(NC(=O)[C@H](C)OC(=O)COc2ccccc2C=O)c1. The summed E-state index contributed by atoms with van der Waals surface area (Å²) < 4.78 is 10.3. The summed E-state index contributed by atoms with van der Waals surface area (Å²) in [6, 6.07) is 13.8. The molecule has 2 rings (SSSR count). The van der Waals surface area contributed by atoms with E-state index in [2.05, 4.69) is 5.32 Å². The Morgan fingerprint density at radius 1 is 1.16 bits per heavy atom. The zero-order valence-corrected chi connectivity index (χ0v) is 14.0. The molecule has 6 heteroatoms. The van der Waals surface area contributed by atoms with Crippen molar-refractivity contribution < 1.29 is 23.9 Å². The molecule has 1 atom stereocenters. The Hall–Kier alpha value is -3.15. The predicted octanol–water partition coefficient (Wildman–Crippen LogP) is 2.76. The van der Waals surface area contributed by atoms with Crippen LogP contribution in [0, 0.1) is 6.92 Å². The number of nitrogens with one attached hydrogen (secondary N) is 1. The van der Waals surface area contributed by atoms with Crippen LogP contribution in [-0.4, -0.2) is 30.9 Å². The van der Waals surface area contributed by atoms with Crippen LogP contribution in [-0.2, 0) is 14.3 Å². The molecule has 0 fully saturated rings. The van der Waals surface area contributed by atoms with Crippen molar-refractivity contribution in [2.45, 2.75) is 20.0 Å². The minimum atomic E-state index is -0.974. The van der Waals surface area contributed by atoms with Crippen molar-refractivity contribution in [2.24, 2.45) is 0 Å². The molecule has 130 valence electrons. The van der Waals surface area contributed by atoms with E-state index in [1.165, 1.54) is 6.92 Å². The van der Waals surface area contributed by atoms with Crippen LogP contribution in [0.4, 0.5) is 5.69 Å². The third-order valence-electron chi connectivity index (χ3n) is 3.35. The van der Waals surface area contributed by atoms with Crippen molar-refractivity contribution in [1.29, 1.82) is 0 Å². The van der Waals surface area contributed by atoms with E-state index in [-0.39, 0.29) is 5.75 Å². The third kappa shape index (κ3) is 5.46. The van der Waals surface area contributed by atoms with Gasteiger partial charge in [-0.15, -0.1) is 0 Å². The fourth-order valence-electron chi connectivity index (χ4n) is 2.10. The van der Waals surface area contributed by atoms with Gasteiger partial charge in [0.1, 0.15) is 5.75 Å². The number of esters is 1. The number of anilines is 1. The molecule has 1 N–H and O–H groups in total. The maximum absolute atomic E-state index is 12.1. The number of hydrogen-bond donors (Lipinski definition) is 1. The first kappa shape index (κ1) is 18.2. The number of carbonyl (C=O) groups excluding carboxylic acids is 3. The summed E-state index contributed by atoms with van der Waals surface area (Å²) >= 11 is 0. The Morgan fingerprint density at radius 3 is 2.64 bits per heavy atom. The zero-order chi connectivity index (χ0) is 18.2. The summed E-state index contributed by atoms with van der Waals surface area (Å²) in [7, 11) is 0. The lowest BCUT2D eigenvalue weighted by Gasteiger charge is -2.14. The van der Waals surface area contributed by atoms with Crippen LogP contribution in [0.15, 0.2) is 48.5 Å². The average Bonchev–Trinajstić information content (AvgIpc) is 2.60. The molecule has 2 aromatic carbocycles. The van der Waals surface area contributed by atoms with Gasteiger partial charge in [0.2, 0.25) is 0 Å². The Labute approximate surface area is 145 Å². The van der Waals surface area contributed by atoms with Crippen molar-refractivity contribution >= 4 is 23.9 Å². The third-order valence-corrected chi connectivity index (χ3v) is 3.35. The molecule has 0 aliphatic heterocycles. The average molecular weight is 341 g/mol. The quantitative estimate of drug-likeness (QED) is 0.618. The molecule has 1 amide bonds. The normalized spacial score (nSPS) is 11.3. The van der Waals surface area contributed by atoms with E-state index in [9.17, 15) is 14.4 Å². The first-order valence-corrected chi connectivity index (χ1v) is 7.73. The van der Waals surface area contributed by atoms with E-state index in [1.54, 1.807) is 30.3 Å². The van der Waals surface area contributed by atoms with Gasteiger partial charge in [-0.2, -0.15) is 0 Å². The van der Waals surface area contributed by atoms with Crippen molar-refractivity contribution in [3.8, 4) is 5.75 Å². The van der Waals surface area contributed by atoms with Crippen LogP contribution in [0.2, 0.25) is 0 Å². The summed E-state index contributed by atoms with van der Waals surface area (Å²) in [6.07, 6.45) is -0.337. The lowest BCUT2D eigenvalue weighted by molar-refractivity contribution is -0.155. The minimum absolute atomic E-state index is 0.284. The van der Waals surface area contributed by atoms with E-state index in [0.717, 1.165) is 5.56 Å². The highest BCUT2D eigenvalue weighted by atomic mass is 16.6. The summed E-state index contributed by atoms with van der Waals surface area (Å²) in [5, 5.41) is 2.68. The smallest absolute Gasteiger partial charge is 0.344 e. The molecule has 0 unspecified atom stereocenters. The lowest BCUT2D eigenvalue weighted by atomic mass is 10.2. The molecule has 0 bridgehead atoms. The molecule has 6 nitrogen and oxygen atoms in total. The largest absolute Gasteiger partial charge is 0.481 e. The van der Waals surface area contributed by atoms with E-state index in [1.807, 2.05) is 25.1 Å². The standard InChI is InChI=1S/C19H19NO5/c1-13-6-5-8-16(10-13)20-19(23)14(2)25-18(22)12-24-17-9-4-3-7-15(17)11-21/h3-11,14H,12H2,1-2H3,(H,20,23)/t14-/m0/s1. The molecular weight excluding hydrogens is 322 g/mol. The maximum atomic E-state index is 12.1. The van der Waals surface area contributed by atoms with E-state index < -0.39 is 24.6 Å². The van der Waals surface area contributed by atoms with Crippen molar-refractivity contribution in [1.82, 2.24) is 0 Å². The van der Waals surface area contributed by atoms with Crippen LogP contribution >= 0.6 is 0 Å². The predicted molar refractivity (Wildman–Crippen MR) is 92.7 cm³/mol. The highest BCUT2D eigenvalue weighted by Gasteiger charge is 2.18. The van der Waals surface area contributed by atoms with Crippen molar-refractivity contribution in [3.63, 3.8) is 0 Å². The Kier molecular flexibility index (Phi) is 6.28. The Morgan fingerprint density at radius 2 is 1.92 bits per heavy atom. The minimum Gasteiger partial charge on any atom is -0.481 e. The maximum Gasteiger partial charge on any atom is 0.344 e. The Bertz CT molecular complexity index is 772. The molecule has 0 aromatic heterocycles. The zero-order valence-electron chi connectivity index (χ0n) is 14.0. The number of benzene rings is 2. The molecule has 0 saturated carbocycles. The number of amides is 1. The van der Waals surface area contributed by atoms with Crippen LogP contribution in [0.1, 0.15) is 22.8 Å². The monoisotopic (exact) mass is 341 g/mol. The van der Waals surface area contributed by atoms with Gasteiger partial charge in [0.05, 0.1) is 5.56 Å². The molecule has 0 radical (unpaired) electrons. The second kappa shape index (κ2) is 8.63. The number of hydrogen-bond acceptors (Lipinski definition) is 5. The van der Waals surface area contributed by atoms with E-state index in [4.69, 9.17) is 9.47 Å². The fraction of sp³-hybridized carbons (Fsp3) is 0.211. The number of aldehydes is 1. The summed E-state index contributed by atoms with van der Waals surface area (Å²) in [5.74, 6) is -0.855. The molecule has 0 aliphatic rings. The first-order chi connectivity index (χ1) is 12.0. The number of ether oxygens (including phenoxy) is 2. The fourth-order valence-corrected chi connectivity index (χ4v) is 2.10. The number of carbonyl (C=O) groups is 3. The van der Waals surface area contributed by atoms with Gasteiger partial charge in [-0.25, -0.2) is 4.79 Å². The second-order valence-corrected chi connectivity index (χ2v) is 5.44. The van der Waals surface area contributed by atoms with Gasteiger partial charge < -0.3 is 14.8 Å². The second-order valence-electron chi connectivity index (χ2n) is 5.44. The van der Waals surface area contributed by atoms with Gasteiger partial charge in [-0.3, -0.25) is 9.59 Å². The highest BCUT2D eigenvalue weighted by molar-refractivity contribution is 5.95. The molecule has 25 heavy (non-hydrogen) atoms. The van der Waals surface area contributed by atoms with Crippen molar-refractivity contribution in [2.75, 3.05) is 11.9 Å². The van der Waals surface area contributed by atoms with Gasteiger partial charge in [0, 0.05) is 5.69 Å². The van der Waals surface area contributed by atoms with Crippen LogP contribution < -0.4 is 10.1 Å². The molecule has 2 aromatic rings. The van der Waals surface area contributed by atoms with Crippen LogP contribution in [0.5, 0.6) is 5.75 Å². The van der Waals surface area contributed by atoms with E-state index >= 15 is 0 Å². The van der Waals surface area contributed by atoms with Crippen LogP contribution in [0.25, 0.3) is 0 Å².